The van der Waals surface area contributed by atoms with Gasteiger partial charge in [-0.3, -0.25) is 0 Å². The van der Waals surface area contributed by atoms with Crippen LogP contribution >= 0.6 is 11.3 Å². The SMILES string of the molecule is Cc1nc2c(N3CCC(O)(c4ccccc4)CC3)nc(S(C)(=O)=O)nc2s1. The Hall–Kier alpha value is -2.10. The summed E-state index contributed by atoms with van der Waals surface area (Å²) in [5.74, 6) is 0.528. The maximum absolute atomic E-state index is 12.0. The molecular weight excluding hydrogens is 384 g/mol. The first-order valence-corrected chi connectivity index (χ1v) is 11.4. The average Bonchev–Trinajstić information content (AvgIpc) is 3.02. The molecule has 0 amide bonds. The molecule has 0 unspecified atom stereocenters. The van der Waals surface area contributed by atoms with Gasteiger partial charge in [0.25, 0.3) is 0 Å². The van der Waals surface area contributed by atoms with E-state index in [2.05, 4.69) is 15.0 Å². The highest BCUT2D eigenvalue weighted by Crippen LogP contribution is 2.36. The number of aromatic nitrogens is 3. The number of sulfone groups is 1. The highest BCUT2D eigenvalue weighted by atomic mass is 32.2. The number of piperidine rings is 1. The van der Waals surface area contributed by atoms with Crippen molar-refractivity contribution in [3.05, 3.63) is 40.9 Å². The summed E-state index contributed by atoms with van der Waals surface area (Å²) in [6.45, 7) is 2.97. The average molecular weight is 405 g/mol. The van der Waals surface area contributed by atoms with Gasteiger partial charge in [-0.2, -0.15) is 4.98 Å². The van der Waals surface area contributed by atoms with Crippen LogP contribution in [0.2, 0.25) is 0 Å². The molecular formula is C18H20N4O3S2. The van der Waals surface area contributed by atoms with Crippen molar-refractivity contribution in [1.82, 2.24) is 15.0 Å². The molecule has 1 aromatic carbocycles. The van der Waals surface area contributed by atoms with Crippen molar-refractivity contribution in [3.63, 3.8) is 0 Å². The molecule has 0 radical (unpaired) electrons. The molecule has 9 heteroatoms. The van der Waals surface area contributed by atoms with E-state index in [0.29, 0.717) is 42.1 Å². The van der Waals surface area contributed by atoms with Crippen LogP contribution in [0.4, 0.5) is 5.82 Å². The van der Waals surface area contributed by atoms with E-state index in [1.165, 1.54) is 11.3 Å². The number of aryl methyl sites for hydroxylation is 1. The van der Waals surface area contributed by atoms with Crippen LogP contribution in [0.1, 0.15) is 23.4 Å². The number of benzene rings is 1. The Morgan fingerprint density at radius 3 is 2.41 bits per heavy atom. The van der Waals surface area contributed by atoms with Crippen molar-refractivity contribution in [2.45, 2.75) is 30.5 Å². The maximum atomic E-state index is 12.0. The van der Waals surface area contributed by atoms with Gasteiger partial charge in [-0.25, -0.2) is 18.4 Å². The van der Waals surface area contributed by atoms with Gasteiger partial charge in [0.05, 0.1) is 10.6 Å². The van der Waals surface area contributed by atoms with Crippen LogP contribution in [0.25, 0.3) is 10.3 Å². The van der Waals surface area contributed by atoms with Crippen LogP contribution in [0.3, 0.4) is 0 Å². The van der Waals surface area contributed by atoms with E-state index in [4.69, 9.17) is 0 Å². The van der Waals surface area contributed by atoms with E-state index >= 15 is 0 Å². The van der Waals surface area contributed by atoms with E-state index in [9.17, 15) is 13.5 Å². The summed E-state index contributed by atoms with van der Waals surface area (Å²) in [7, 11) is -3.53. The molecule has 1 aliphatic rings. The molecule has 1 fully saturated rings. The summed E-state index contributed by atoms with van der Waals surface area (Å²) in [5, 5.41) is 11.7. The summed E-state index contributed by atoms with van der Waals surface area (Å²) >= 11 is 1.35. The van der Waals surface area contributed by atoms with E-state index in [0.717, 1.165) is 16.8 Å². The van der Waals surface area contributed by atoms with Gasteiger partial charge in [-0.05, 0) is 25.3 Å². The Kier molecular flexibility index (Phi) is 4.40. The molecule has 0 aliphatic carbocycles. The van der Waals surface area contributed by atoms with Crippen LogP contribution in [0, 0.1) is 6.92 Å². The predicted octanol–water partition coefficient (Wildman–Crippen LogP) is 2.29. The number of hydrogen-bond acceptors (Lipinski definition) is 8. The summed E-state index contributed by atoms with van der Waals surface area (Å²) < 4.78 is 24.0. The summed E-state index contributed by atoms with van der Waals surface area (Å²) in [5.41, 5.74) is 0.635. The van der Waals surface area contributed by atoms with E-state index < -0.39 is 15.4 Å². The van der Waals surface area contributed by atoms with Crippen molar-refractivity contribution < 1.29 is 13.5 Å². The Balaban J connectivity index is 1.70. The summed E-state index contributed by atoms with van der Waals surface area (Å²) in [6, 6.07) is 9.64. The third-order valence-electron chi connectivity index (χ3n) is 4.86. The van der Waals surface area contributed by atoms with Gasteiger partial charge in [0, 0.05) is 19.3 Å². The van der Waals surface area contributed by atoms with Crippen molar-refractivity contribution in [2.75, 3.05) is 24.2 Å². The van der Waals surface area contributed by atoms with Gasteiger partial charge in [-0.15, -0.1) is 0 Å². The first-order chi connectivity index (χ1) is 12.8. The van der Waals surface area contributed by atoms with Crippen LogP contribution in [0.15, 0.2) is 35.5 Å². The second kappa shape index (κ2) is 6.50. The number of fused-ring (bicyclic) bond motifs is 1. The molecule has 2 aromatic heterocycles. The number of rotatable bonds is 3. The summed E-state index contributed by atoms with van der Waals surface area (Å²) in [4.78, 5) is 15.6. The van der Waals surface area contributed by atoms with Crippen molar-refractivity contribution >= 4 is 37.3 Å². The highest BCUT2D eigenvalue weighted by molar-refractivity contribution is 7.90. The normalized spacial score (nSPS) is 17.4. The van der Waals surface area contributed by atoms with Crippen molar-refractivity contribution in [3.8, 4) is 0 Å². The van der Waals surface area contributed by atoms with Gasteiger partial charge in [0.1, 0.15) is 5.52 Å². The molecule has 0 saturated carbocycles. The number of anilines is 1. The van der Waals surface area contributed by atoms with E-state index in [-0.39, 0.29) is 5.16 Å². The zero-order valence-corrected chi connectivity index (χ0v) is 16.7. The molecule has 3 aromatic rings. The maximum Gasteiger partial charge on any atom is 0.250 e. The lowest BCUT2D eigenvalue weighted by Gasteiger charge is -2.39. The Morgan fingerprint density at radius 2 is 1.78 bits per heavy atom. The molecule has 142 valence electrons. The van der Waals surface area contributed by atoms with Gasteiger partial charge >= 0.3 is 0 Å². The van der Waals surface area contributed by atoms with Crippen LogP contribution in [0.5, 0.6) is 0 Å². The zero-order chi connectivity index (χ0) is 19.2. The predicted molar refractivity (Wildman–Crippen MR) is 105 cm³/mol. The van der Waals surface area contributed by atoms with E-state index in [1.807, 2.05) is 42.2 Å². The minimum Gasteiger partial charge on any atom is -0.385 e. The first-order valence-electron chi connectivity index (χ1n) is 8.64. The van der Waals surface area contributed by atoms with Gasteiger partial charge in [0.15, 0.2) is 10.6 Å². The molecule has 1 aliphatic heterocycles. The number of aliphatic hydroxyl groups is 1. The molecule has 1 saturated heterocycles. The van der Waals surface area contributed by atoms with Crippen LogP contribution < -0.4 is 4.90 Å². The minimum atomic E-state index is -3.53. The minimum absolute atomic E-state index is 0.183. The van der Waals surface area contributed by atoms with Crippen LogP contribution in [-0.2, 0) is 15.4 Å². The van der Waals surface area contributed by atoms with Crippen LogP contribution in [-0.4, -0.2) is 47.8 Å². The largest absolute Gasteiger partial charge is 0.385 e. The van der Waals surface area contributed by atoms with Gasteiger partial charge < -0.3 is 10.0 Å². The highest BCUT2D eigenvalue weighted by Gasteiger charge is 2.35. The number of thiazole rings is 1. The fraction of sp³-hybridized carbons (Fsp3) is 0.389. The quantitative estimate of drug-likeness (QED) is 0.669. The molecule has 0 bridgehead atoms. The second-order valence-electron chi connectivity index (χ2n) is 6.87. The van der Waals surface area contributed by atoms with Crippen molar-refractivity contribution in [1.29, 1.82) is 0 Å². The standard InChI is InChI=1S/C18H20N4O3S2/c1-12-19-14-15(20-17(27(2,24)25)21-16(14)26-12)22-10-8-18(23,9-11-22)13-6-4-3-5-7-13/h3-7,23H,8-11H2,1-2H3. The zero-order valence-electron chi connectivity index (χ0n) is 15.1. The molecule has 7 nitrogen and oxygen atoms in total. The molecule has 1 N–H and O–H groups in total. The smallest absolute Gasteiger partial charge is 0.250 e. The fourth-order valence-corrected chi connectivity index (χ4v) is 4.75. The molecule has 4 rings (SSSR count). The van der Waals surface area contributed by atoms with Gasteiger partial charge in [-0.1, -0.05) is 41.7 Å². The third kappa shape index (κ3) is 3.42. The lowest BCUT2D eigenvalue weighted by Crippen LogP contribution is -2.43. The lowest BCUT2D eigenvalue weighted by molar-refractivity contribution is 0.0117. The Morgan fingerprint density at radius 1 is 1.11 bits per heavy atom. The Labute approximate surface area is 161 Å². The topological polar surface area (TPSA) is 96.3 Å². The number of hydrogen-bond donors (Lipinski definition) is 1. The molecule has 0 atom stereocenters. The Bertz CT molecular complexity index is 1090. The third-order valence-corrected chi connectivity index (χ3v) is 6.57. The van der Waals surface area contributed by atoms with Crippen molar-refractivity contribution in [2.24, 2.45) is 0 Å². The van der Waals surface area contributed by atoms with E-state index in [1.54, 1.807) is 0 Å². The lowest BCUT2D eigenvalue weighted by atomic mass is 9.84. The fourth-order valence-electron chi connectivity index (χ4n) is 3.40. The number of nitrogens with zero attached hydrogens (tertiary/aromatic N) is 4. The van der Waals surface area contributed by atoms with Gasteiger partial charge in [0.2, 0.25) is 15.0 Å². The molecule has 0 spiro atoms. The monoisotopic (exact) mass is 404 g/mol. The summed E-state index contributed by atoms with van der Waals surface area (Å²) in [6.07, 6.45) is 2.16. The molecule has 3 heterocycles. The first kappa shape index (κ1) is 18.3. The molecule has 27 heavy (non-hydrogen) atoms. The second-order valence-corrected chi connectivity index (χ2v) is 9.96.